The number of carbonyl (C=O) groups is 1. The Balaban J connectivity index is 2.11. The monoisotopic (exact) mass is 351 g/mol. The van der Waals surface area contributed by atoms with Crippen LogP contribution in [0.2, 0.25) is 0 Å². The Morgan fingerprint density at radius 1 is 1.33 bits per heavy atom. The maximum Gasteiger partial charge on any atom is 0.277 e. The molecule has 9 heteroatoms. The number of hydrogen-bond acceptors (Lipinski definition) is 7. The van der Waals surface area contributed by atoms with Crippen molar-refractivity contribution in [3.63, 3.8) is 0 Å². The molecule has 24 heavy (non-hydrogen) atoms. The van der Waals surface area contributed by atoms with Crippen molar-refractivity contribution in [3.05, 3.63) is 33.2 Å². The molecule has 0 aliphatic rings. The van der Waals surface area contributed by atoms with E-state index in [0.717, 1.165) is 17.8 Å². The number of nitrogens with one attached hydrogen (secondary N) is 1. The summed E-state index contributed by atoms with van der Waals surface area (Å²) >= 11 is 1.36. The molecule has 0 saturated heterocycles. The summed E-state index contributed by atoms with van der Waals surface area (Å²) in [6.07, 6.45) is 1.95. The predicted molar refractivity (Wildman–Crippen MR) is 91.6 cm³/mol. The van der Waals surface area contributed by atoms with Gasteiger partial charge in [-0.2, -0.15) is 5.10 Å². The van der Waals surface area contributed by atoms with Gasteiger partial charge in [-0.25, -0.2) is 4.68 Å². The van der Waals surface area contributed by atoms with Gasteiger partial charge in [-0.3, -0.25) is 14.9 Å². The van der Waals surface area contributed by atoms with E-state index in [4.69, 9.17) is 4.74 Å². The molecule has 2 rings (SSSR count). The van der Waals surface area contributed by atoms with Gasteiger partial charge < -0.3 is 4.74 Å². The number of rotatable bonds is 8. The highest BCUT2D eigenvalue weighted by Crippen LogP contribution is 2.28. The van der Waals surface area contributed by atoms with Crippen LogP contribution >= 0.6 is 11.3 Å². The average molecular weight is 351 g/mol. The van der Waals surface area contributed by atoms with E-state index in [1.807, 2.05) is 0 Å². The Bertz CT molecular complexity index is 739. The topological polar surface area (TPSA) is 99.0 Å². The largest absolute Gasteiger partial charge is 0.383 e. The Kier molecular flexibility index (Phi) is 6.56. The molecule has 130 valence electrons. The number of nitrogens with zero attached hydrogens (tertiary/aromatic N) is 4. The normalized spacial score (nSPS) is 11.0. The van der Waals surface area contributed by atoms with Crippen molar-refractivity contribution in [1.82, 2.24) is 20.0 Å². The number of ether oxygens (including phenoxy) is 1. The van der Waals surface area contributed by atoms with Crippen LogP contribution < -0.4 is 10.9 Å². The van der Waals surface area contributed by atoms with Crippen LogP contribution in [0.1, 0.15) is 48.1 Å². The second-order valence-electron chi connectivity index (χ2n) is 5.19. The van der Waals surface area contributed by atoms with Gasteiger partial charge in [0, 0.05) is 19.1 Å². The molecule has 0 radical (unpaired) electrons. The lowest BCUT2D eigenvalue weighted by molar-refractivity contribution is 0.101. The quantitative estimate of drug-likeness (QED) is 0.780. The Morgan fingerprint density at radius 2 is 2.08 bits per heavy atom. The number of anilines is 1. The SMILES string of the molecule is CCC(CC)c1nnc(NC(=O)c2ccc(=O)n(CCOC)n2)s1. The van der Waals surface area contributed by atoms with Crippen LogP contribution in [0, 0.1) is 0 Å². The van der Waals surface area contributed by atoms with Crippen molar-refractivity contribution in [2.24, 2.45) is 0 Å². The van der Waals surface area contributed by atoms with Gasteiger partial charge in [-0.1, -0.05) is 25.2 Å². The molecular formula is C15H21N5O3S. The van der Waals surface area contributed by atoms with E-state index in [2.05, 4.69) is 34.5 Å². The smallest absolute Gasteiger partial charge is 0.277 e. The van der Waals surface area contributed by atoms with E-state index in [0.29, 0.717) is 17.7 Å². The molecule has 0 aliphatic heterocycles. The summed E-state index contributed by atoms with van der Waals surface area (Å²) in [5, 5.41) is 16.2. The summed E-state index contributed by atoms with van der Waals surface area (Å²) in [5.41, 5.74) is -0.138. The van der Waals surface area contributed by atoms with Crippen LogP contribution in [0.15, 0.2) is 16.9 Å². The molecule has 0 aliphatic carbocycles. The second kappa shape index (κ2) is 8.65. The predicted octanol–water partition coefficient (Wildman–Crippen LogP) is 1.90. The van der Waals surface area contributed by atoms with Crippen LogP contribution in [0.5, 0.6) is 0 Å². The summed E-state index contributed by atoms with van der Waals surface area (Å²) in [5.74, 6) is -0.0735. The summed E-state index contributed by atoms with van der Waals surface area (Å²) in [7, 11) is 1.54. The maximum atomic E-state index is 12.3. The van der Waals surface area contributed by atoms with Gasteiger partial charge in [-0.15, -0.1) is 10.2 Å². The molecular weight excluding hydrogens is 330 g/mol. The molecule has 2 heterocycles. The van der Waals surface area contributed by atoms with E-state index >= 15 is 0 Å². The van der Waals surface area contributed by atoms with Crippen molar-refractivity contribution in [2.75, 3.05) is 19.0 Å². The van der Waals surface area contributed by atoms with Crippen LogP contribution in [0.4, 0.5) is 5.13 Å². The second-order valence-corrected chi connectivity index (χ2v) is 6.19. The Labute approximate surface area is 143 Å². The molecule has 1 N–H and O–H groups in total. The zero-order valence-corrected chi connectivity index (χ0v) is 14.8. The first-order valence-corrected chi connectivity index (χ1v) is 8.62. The number of carbonyl (C=O) groups excluding carboxylic acids is 1. The Morgan fingerprint density at radius 3 is 2.75 bits per heavy atom. The highest BCUT2D eigenvalue weighted by Gasteiger charge is 2.16. The van der Waals surface area contributed by atoms with Crippen molar-refractivity contribution in [2.45, 2.75) is 39.2 Å². The third-order valence-corrected chi connectivity index (χ3v) is 4.60. The van der Waals surface area contributed by atoms with Crippen LogP contribution in [-0.2, 0) is 11.3 Å². The lowest BCUT2D eigenvalue weighted by Gasteiger charge is -2.06. The van der Waals surface area contributed by atoms with Crippen LogP contribution in [0.3, 0.4) is 0 Å². The van der Waals surface area contributed by atoms with Gasteiger partial charge in [0.05, 0.1) is 13.2 Å². The lowest BCUT2D eigenvalue weighted by atomic mass is 10.1. The molecule has 0 saturated carbocycles. The summed E-state index contributed by atoms with van der Waals surface area (Å²) in [4.78, 5) is 24.0. The maximum absolute atomic E-state index is 12.3. The van der Waals surface area contributed by atoms with E-state index < -0.39 is 5.91 Å². The van der Waals surface area contributed by atoms with Crippen LogP contribution in [-0.4, -0.2) is 39.6 Å². The Hall–Kier alpha value is -2.13. The summed E-state index contributed by atoms with van der Waals surface area (Å²) < 4.78 is 6.13. The molecule has 0 bridgehead atoms. The van der Waals surface area contributed by atoms with Crippen molar-refractivity contribution < 1.29 is 9.53 Å². The minimum absolute atomic E-state index is 0.144. The zero-order chi connectivity index (χ0) is 17.5. The number of methoxy groups -OCH3 is 1. The highest BCUT2D eigenvalue weighted by atomic mass is 32.1. The van der Waals surface area contributed by atoms with Crippen molar-refractivity contribution in [1.29, 1.82) is 0 Å². The number of amides is 1. The van der Waals surface area contributed by atoms with Gasteiger partial charge in [0.25, 0.3) is 11.5 Å². The minimum atomic E-state index is -0.423. The molecule has 2 aromatic heterocycles. The first kappa shape index (κ1) is 18.2. The van der Waals surface area contributed by atoms with E-state index in [-0.39, 0.29) is 17.8 Å². The third kappa shape index (κ3) is 4.45. The van der Waals surface area contributed by atoms with E-state index in [1.54, 1.807) is 0 Å². The molecule has 0 aromatic carbocycles. The summed E-state index contributed by atoms with van der Waals surface area (Å²) in [6, 6.07) is 2.71. The van der Waals surface area contributed by atoms with Crippen molar-refractivity contribution in [3.8, 4) is 0 Å². The fraction of sp³-hybridized carbons (Fsp3) is 0.533. The van der Waals surface area contributed by atoms with E-state index in [9.17, 15) is 9.59 Å². The average Bonchev–Trinajstić information content (AvgIpc) is 3.03. The molecule has 0 fully saturated rings. The van der Waals surface area contributed by atoms with Gasteiger partial charge in [0.2, 0.25) is 5.13 Å². The van der Waals surface area contributed by atoms with Gasteiger partial charge in [-0.05, 0) is 18.9 Å². The van der Waals surface area contributed by atoms with Gasteiger partial charge >= 0.3 is 0 Å². The highest BCUT2D eigenvalue weighted by molar-refractivity contribution is 7.15. The first-order chi connectivity index (χ1) is 11.6. The minimum Gasteiger partial charge on any atom is -0.383 e. The van der Waals surface area contributed by atoms with Crippen molar-refractivity contribution >= 4 is 22.4 Å². The molecule has 0 atom stereocenters. The van der Waals surface area contributed by atoms with Crippen LogP contribution in [0.25, 0.3) is 0 Å². The number of aromatic nitrogens is 4. The van der Waals surface area contributed by atoms with Gasteiger partial charge in [0.1, 0.15) is 10.7 Å². The fourth-order valence-corrected chi connectivity index (χ4v) is 3.16. The molecule has 2 aromatic rings. The molecule has 1 amide bonds. The molecule has 0 unspecified atom stereocenters. The third-order valence-electron chi connectivity index (χ3n) is 3.60. The lowest BCUT2D eigenvalue weighted by Crippen LogP contribution is -2.27. The first-order valence-electron chi connectivity index (χ1n) is 7.80. The standard InChI is InChI=1S/C15H21N5O3S/c1-4-10(5-2)14-17-18-15(24-14)16-13(22)11-6-7-12(21)20(19-11)8-9-23-3/h6-7,10H,4-5,8-9H2,1-3H3,(H,16,18,22). The van der Waals surface area contributed by atoms with E-state index in [1.165, 1.54) is 35.3 Å². The summed E-state index contributed by atoms with van der Waals surface area (Å²) in [6.45, 7) is 4.82. The molecule has 8 nitrogen and oxygen atoms in total. The molecule has 0 spiro atoms. The van der Waals surface area contributed by atoms with Gasteiger partial charge in [0.15, 0.2) is 0 Å². The number of hydrogen-bond donors (Lipinski definition) is 1. The zero-order valence-electron chi connectivity index (χ0n) is 14.0. The fourth-order valence-electron chi connectivity index (χ4n) is 2.16.